The summed E-state index contributed by atoms with van der Waals surface area (Å²) in [5.41, 5.74) is 0.866. The van der Waals surface area contributed by atoms with E-state index >= 15 is 0 Å². The molecule has 0 saturated heterocycles. The van der Waals surface area contributed by atoms with Gasteiger partial charge >= 0.3 is 0 Å². The normalized spacial score (nSPS) is 11.9. The van der Waals surface area contributed by atoms with Crippen molar-refractivity contribution in [2.24, 2.45) is 0 Å². The minimum atomic E-state index is -1.07. The molecule has 3 N–H and O–H groups in total. The summed E-state index contributed by atoms with van der Waals surface area (Å²) in [7, 11) is 0. The summed E-state index contributed by atoms with van der Waals surface area (Å²) >= 11 is 0. The Labute approximate surface area is 115 Å². The molecule has 1 amide bonds. The van der Waals surface area contributed by atoms with E-state index < -0.39 is 17.8 Å². The first-order chi connectivity index (χ1) is 9.54. The first kappa shape index (κ1) is 14.0. The summed E-state index contributed by atoms with van der Waals surface area (Å²) in [6.07, 6.45) is -1.24. The lowest BCUT2D eigenvalue weighted by Crippen LogP contribution is -2.15. The van der Waals surface area contributed by atoms with Crippen molar-refractivity contribution in [3.05, 3.63) is 59.9 Å². The Hall–Kier alpha value is -2.40. The number of nitrogens with one attached hydrogen (secondary N) is 1. The highest BCUT2D eigenvalue weighted by Gasteiger charge is 2.13. The maximum Gasteiger partial charge on any atom is 0.227 e. The molecule has 1 atom stereocenters. The average Bonchev–Trinajstić information content (AvgIpc) is 2.41. The Bertz CT molecular complexity index is 598. The van der Waals surface area contributed by atoms with E-state index in [1.54, 1.807) is 18.2 Å². The van der Waals surface area contributed by atoms with E-state index in [1.807, 2.05) is 0 Å². The average molecular weight is 275 g/mol. The summed E-state index contributed by atoms with van der Waals surface area (Å²) in [5.74, 6) is -0.754. The van der Waals surface area contributed by atoms with Crippen molar-refractivity contribution in [1.29, 1.82) is 0 Å². The Kier molecular flexibility index (Phi) is 4.32. The number of hydrogen-bond acceptors (Lipinski definition) is 3. The van der Waals surface area contributed by atoms with Crippen molar-refractivity contribution in [1.82, 2.24) is 0 Å². The molecule has 0 heterocycles. The number of rotatable bonds is 4. The third-order valence-corrected chi connectivity index (χ3v) is 2.76. The quantitative estimate of drug-likeness (QED) is 0.751. The predicted molar refractivity (Wildman–Crippen MR) is 72.7 cm³/mol. The molecule has 104 valence electrons. The lowest BCUT2D eigenvalue weighted by atomic mass is 10.1. The van der Waals surface area contributed by atoms with Crippen LogP contribution in [-0.2, 0) is 4.79 Å². The fraction of sp³-hybridized carbons (Fsp3) is 0.133. The molecule has 0 saturated carbocycles. The molecule has 0 radical (unpaired) electrons. The number of halogens is 1. The monoisotopic (exact) mass is 275 g/mol. The van der Waals surface area contributed by atoms with Gasteiger partial charge in [-0.15, -0.1) is 0 Å². The number of phenolic OH excluding ortho intramolecular Hbond substituents is 1. The third-order valence-electron chi connectivity index (χ3n) is 2.76. The molecule has 2 aromatic carbocycles. The zero-order valence-electron chi connectivity index (χ0n) is 10.6. The van der Waals surface area contributed by atoms with Crippen LogP contribution in [-0.4, -0.2) is 16.1 Å². The van der Waals surface area contributed by atoms with Gasteiger partial charge in [-0.2, -0.15) is 0 Å². The van der Waals surface area contributed by atoms with Crippen molar-refractivity contribution in [3.8, 4) is 5.75 Å². The predicted octanol–water partition coefficient (Wildman–Crippen LogP) is 2.59. The number of aliphatic hydroxyl groups is 1. The summed E-state index contributed by atoms with van der Waals surface area (Å²) in [6.45, 7) is 0. The van der Waals surface area contributed by atoms with Gasteiger partial charge in [-0.05, 0) is 42.0 Å². The van der Waals surface area contributed by atoms with Gasteiger partial charge in [0.25, 0.3) is 0 Å². The van der Waals surface area contributed by atoms with Gasteiger partial charge in [0.15, 0.2) is 0 Å². The van der Waals surface area contributed by atoms with Gasteiger partial charge in [0.05, 0.1) is 12.5 Å². The molecule has 0 aliphatic rings. The molecule has 2 rings (SSSR count). The van der Waals surface area contributed by atoms with Crippen LogP contribution in [0.25, 0.3) is 0 Å². The maximum absolute atomic E-state index is 13.0. The van der Waals surface area contributed by atoms with Crippen molar-refractivity contribution in [2.75, 3.05) is 5.32 Å². The van der Waals surface area contributed by atoms with Crippen molar-refractivity contribution >= 4 is 11.6 Å². The van der Waals surface area contributed by atoms with E-state index in [9.17, 15) is 14.3 Å². The van der Waals surface area contributed by atoms with Gasteiger partial charge in [0, 0.05) is 5.69 Å². The van der Waals surface area contributed by atoms with E-state index in [0.29, 0.717) is 11.3 Å². The second-order valence-corrected chi connectivity index (χ2v) is 4.37. The second kappa shape index (κ2) is 6.16. The number of hydrogen-bond donors (Lipinski definition) is 3. The lowest BCUT2D eigenvalue weighted by Gasteiger charge is -2.11. The standard InChI is InChI=1S/C15H14FNO3/c16-11-3-1-2-10(8-11)14(19)9-15(20)17-12-4-6-13(18)7-5-12/h1-8,14,18-19H,9H2,(H,17,20). The molecule has 0 spiro atoms. The molecule has 4 nitrogen and oxygen atoms in total. The van der Waals surface area contributed by atoms with E-state index in [4.69, 9.17) is 5.11 Å². The van der Waals surface area contributed by atoms with Gasteiger partial charge in [0.2, 0.25) is 5.91 Å². The fourth-order valence-electron chi connectivity index (χ4n) is 1.76. The molecule has 0 aliphatic heterocycles. The highest BCUT2D eigenvalue weighted by atomic mass is 19.1. The van der Waals surface area contributed by atoms with Gasteiger partial charge in [0.1, 0.15) is 11.6 Å². The topological polar surface area (TPSA) is 69.6 Å². The number of amides is 1. The number of benzene rings is 2. The van der Waals surface area contributed by atoms with Crippen LogP contribution in [0.15, 0.2) is 48.5 Å². The number of aliphatic hydroxyl groups excluding tert-OH is 1. The summed E-state index contributed by atoms with van der Waals surface area (Å²) in [5, 5.41) is 21.6. The summed E-state index contributed by atoms with van der Waals surface area (Å²) in [4.78, 5) is 11.7. The first-order valence-electron chi connectivity index (χ1n) is 6.07. The van der Waals surface area contributed by atoms with Crippen LogP contribution in [0.3, 0.4) is 0 Å². The van der Waals surface area contributed by atoms with E-state index in [-0.39, 0.29) is 12.2 Å². The number of carbonyl (C=O) groups is 1. The van der Waals surface area contributed by atoms with Crippen molar-refractivity contribution in [2.45, 2.75) is 12.5 Å². The fourth-order valence-corrected chi connectivity index (χ4v) is 1.76. The van der Waals surface area contributed by atoms with Crippen LogP contribution in [0.4, 0.5) is 10.1 Å². The number of phenols is 1. The zero-order valence-corrected chi connectivity index (χ0v) is 10.6. The van der Waals surface area contributed by atoms with Crippen LogP contribution in [0.2, 0.25) is 0 Å². The molecule has 2 aromatic rings. The van der Waals surface area contributed by atoms with Gasteiger partial charge in [-0.1, -0.05) is 12.1 Å². The third kappa shape index (κ3) is 3.80. The molecular weight excluding hydrogens is 261 g/mol. The summed E-state index contributed by atoms with van der Waals surface area (Å²) < 4.78 is 13.0. The largest absolute Gasteiger partial charge is 0.508 e. The Morgan fingerprint density at radius 2 is 1.90 bits per heavy atom. The van der Waals surface area contributed by atoms with E-state index in [0.717, 1.165) is 0 Å². The molecule has 0 aromatic heterocycles. The van der Waals surface area contributed by atoms with E-state index in [1.165, 1.54) is 30.3 Å². The minimum Gasteiger partial charge on any atom is -0.508 e. The highest BCUT2D eigenvalue weighted by molar-refractivity contribution is 5.91. The Balaban J connectivity index is 1.95. The smallest absolute Gasteiger partial charge is 0.227 e. The van der Waals surface area contributed by atoms with Crippen LogP contribution >= 0.6 is 0 Å². The van der Waals surface area contributed by atoms with Crippen molar-refractivity contribution < 1.29 is 19.4 Å². The molecular formula is C15H14FNO3. The van der Waals surface area contributed by atoms with Crippen LogP contribution < -0.4 is 5.32 Å². The summed E-state index contributed by atoms with van der Waals surface area (Å²) in [6, 6.07) is 11.5. The molecule has 1 unspecified atom stereocenters. The Morgan fingerprint density at radius 1 is 1.20 bits per heavy atom. The van der Waals surface area contributed by atoms with Gasteiger partial charge in [-0.25, -0.2) is 4.39 Å². The molecule has 5 heteroatoms. The first-order valence-corrected chi connectivity index (χ1v) is 6.07. The highest BCUT2D eigenvalue weighted by Crippen LogP contribution is 2.19. The maximum atomic E-state index is 13.0. The van der Waals surface area contributed by atoms with Crippen molar-refractivity contribution in [3.63, 3.8) is 0 Å². The molecule has 0 fully saturated rings. The molecule has 20 heavy (non-hydrogen) atoms. The minimum absolute atomic E-state index is 0.0998. The zero-order chi connectivity index (χ0) is 14.5. The lowest BCUT2D eigenvalue weighted by molar-refractivity contribution is -0.118. The van der Waals surface area contributed by atoms with E-state index in [2.05, 4.69) is 5.32 Å². The van der Waals surface area contributed by atoms with Crippen LogP contribution in [0.5, 0.6) is 5.75 Å². The number of aromatic hydroxyl groups is 1. The molecule has 0 bridgehead atoms. The Morgan fingerprint density at radius 3 is 2.55 bits per heavy atom. The van der Waals surface area contributed by atoms with Crippen LogP contribution in [0.1, 0.15) is 18.1 Å². The molecule has 0 aliphatic carbocycles. The SMILES string of the molecule is O=C(CC(O)c1cccc(F)c1)Nc1ccc(O)cc1. The van der Waals surface area contributed by atoms with Crippen LogP contribution in [0, 0.1) is 5.82 Å². The number of carbonyl (C=O) groups excluding carboxylic acids is 1. The second-order valence-electron chi connectivity index (χ2n) is 4.37. The van der Waals surface area contributed by atoms with Gasteiger partial charge in [-0.3, -0.25) is 4.79 Å². The number of anilines is 1. The van der Waals surface area contributed by atoms with Gasteiger partial charge < -0.3 is 15.5 Å².